The smallest absolute Gasteiger partial charge is 0.462 e. The number of aliphatic hydroxyl groups is 1. The van der Waals surface area contributed by atoms with Gasteiger partial charge in [-0.05, 0) is 141 Å². The van der Waals surface area contributed by atoms with E-state index in [1.807, 2.05) is 0 Å². The molecule has 104 heavy (non-hydrogen) atoms. The lowest BCUT2D eigenvalue weighted by molar-refractivity contribution is -0.161. The van der Waals surface area contributed by atoms with Crippen LogP contribution >= 0.6 is 15.6 Å². The monoisotopic (exact) mass is 1500 g/mol. The van der Waals surface area contributed by atoms with Crippen LogP contribution in [0.5, 0.6) is 0 Å². The van der Waals surface area contributed by atoms with Crippen LogP contribution in [0.3, 0.4) is 0 Å². The Bertz CT molecular complexity index is 2540. The lowest BCUT2D eigenvalue weighted by Crippen LogP contribution is -2.30. The number of hydrogen-bond donors (Lipinski definition) is 3. The molecule has 0 bridgehead atoms. The zero-order valence-corrected chi connectivity index (χ0v) is 66.7. The minimum absolute atomic E-state index is 0.0332. The van der Waals surface area contributed by atoms with Gasteiger partial charge in [0.1, 0.15) is 19.3 Å². The number of hydrogen-bond acceptors (Lipinski definition) is 15. The predicted octanol–water partition coefficient (Wildman–Crippen LogP) is 23.4. The second kappa shape index (κ2) is 76.1. The van der Waals surface area contributed by atoms with Gasteiger partial charge in [0.2, 0.25) is 0 Å². The third kappa shape index (κ3) is 75.2. The molecular weight excluding hydrogens is 1350 g/mol. The zero-order chi connectivity index (χ0) is 76.0. The van der Waals surface area contributed by atoms with E-state index in [0.717, 1.165) is 173 Å². The number of aliphatic hydroxyl groups excluding tert-OH is 1. The second-order valence-corrected chi connectivity index (χ2v) is 29.1. The topological polar surface area (TPSA) is 237 Å². The van der Waals surface area contributed by atoms with E-state index < -0.39 is 97.5 Å². The Balaban J connectivity index is 5.41. The Kier molecular flexibility index (Phi) is 72.4. The van der Waals surface area contributed by atoms with E-state index in [-0.39, 0.29) is 25.7 Å². The highest BCUT2D eigenvalue weighted by atomic mass is 31.2. The summed E-state index contributed by atoms with van der Waals surface area (Å²) in [6.07, 6.45) is 86.8. The van der Waals surface area contributed by atoms with Gasteiger partial charge in [0.15, 0.2) is 12.2 Å². The number of unbranched alkanes of at least 4 members (excludes halogenated alkanes) is 24. The molecule has 17 nitrogen and oxygen atoms in total. The number of ether oxygens (including phenoxy) is 4. The van der Waals surface area contributed by atoms with Crippen LogP contribution in [-0.4, -0.2) is 96.7 Å². The molecule has 0 rings (SSSR count). The fourth-order valence-corrected chi connectivity index (χ4v) is 11.9. The first-order valence-electron chi connectivity index (χ1n) is 40.1. The Morgan fingerprint density at radius 3 is 0.788 bits per heavy atom. The number of phosphoric acid groups is 2. The summed E-state index contributed by atoms with van der Waals surface area (Å²) in [7, 11) is -9.99. The van der Waals surface area contributed by atoms with E-state index in [1.165, 1.54) is 51.4 Å². The lowest BCUT2D eigenvalue weighted by atomic mass is 10.0. The Morgan fingerprint density at radius 2 is 0.500 bits per heavy atom. The highest BCUT2D eigenvalue weighted by Gasteiger charge is 2.30. The minimum atomic E-state index is -5.00. The van der Waals surface area contributed by atoms with Crippen molar-refractivity contribution in [2.24, 2.45) is 0 Å². The average Bonchev–Trinajstić information content (AvgIpc) is 0.939. The molecule has 0 aromatic rings. The van der Waals surface area contributed by atoms with E-state index in [1.54, 1.807) is 0 Å². The maximum atomic E-state index is 13.1. The predicted molar refractivity (Wildman–Crippen MR) is 427 cm³/mol. The van der Waals surface area contributed by atoms with E-state index in [9.17, 15) is 43.2 Å². The number of allylic oxidation sites excluding steroid dienone is 24. The standard InChI is InChI=1S/C85H142O17P2/c1-5-9-13-17-21-25-29-33-36-38-39-41-44-47-50-54-58-62-66-70-83(88)95-75-80(101-84(89)71-67-63-59-55-51-45-32-28-24-20-16-12-8-4)77-99-103(91,92)97-73-79(86)74-98-104(93,94)100-78-81(102-85(90)72-68-64-60-56-52-48-42-35-31-27-23-19-15-11-7-3)76-96-82(87)69-65-61-57-53-49-46-43-40-37-34-30-26-22-18-14-10-6-2/h9-11,13-15,21-23,25-27,33-37,39,41-43,46,52,56,79-81,86H,5-8,12,16-20,24,28-32,38,40,44-45,47-51,53-55,57-78H2,1-4H3,(H,91,92)(H,93,94)/b13-9-,14-10-,15-11-,25-21-,26-22-,27-23-,36-33-,37-34-,41-39-,42-35-,46-43-,56-52-. The molecular formula is C85H142O17P2. The van der Waals surface area contributed by atoms with Crippen LogP contribution in [0, 0.1) is 0 Å². The normalized spacial score (nSPS) is 14.6. The molecule has 0 aromatic heterocycles. The molecule has 0 saturated heterocycles. The van der Waals surface area contributed by atoms with E-state index in [0.29, 0.717) is 32.1 Å². The van der Waals surface area contributed by atoms with Gasteiger partial charge in [-0.3, -0.25) is 37.3 Å². The summed E-state index contributed by atoms with van der Waals surface area (Å²) in [6.45, 7) is 4.45. The molecule has 0 aromatic carbocycles. The van der Waals surface area contributed by atoms with Gasteiger partial charge in [-0.25, -0.2) is 9.13 Å². The maximum absolute atomic E-state index is 13.1. The highest BCUT2D eigenvalue weighted by Crippen LogP contribution is 2.45. The van der Waals surface area contributed by atoms with Gasteiger partial charge in [0, 0.05) is 25.7 Å². The summed E-state index contributed by atoms with van der Waals surface area (Å²) >= 11 is 0. The summed E-state index contributed by atoms with van der Waals surface area (Å²) < 4.78 is 68.6. The Hall–Kier alpha value is -5.06. The second-order valence-electron chi connectivity index (χ2n) is 26.2. The van der Waals surface area contributed by atoms with Gasteiger partial charge in [0.05, 0.1) is 26.4 Å². The van der Waals surface area contributed by atoms with Crippen LogP contribution in [0.15, 0.2) is 146 Å². The Labute approximate surface area is 630 Å². The van der Waals surface area contributed by atoms with Crippen molar-refractivity contribution in [3.05, 3.63) is 146 Å². The van der Waals surface area contributed by atoms with Crippen LogP contribution < -0.4 is 0 Å². The van der Waals surface area contributed by atoms with E-state index in [2.05, 4.69) is 174 Å². The number of phosphoric ester groups is 2. The van der Waals surface area contributed by atoms with Crippen LogP contribution in [0.4, 0.5) is 0 Å². The first-order valence-corrected chi connectivity index (χ1v) is 43.1. The quantitative estimate of drug-likeness (QED) is 0.0169. The molecule has 0 heterocycles. The van der Waals surface area contributed by atoms with Gasteiger partial charge >= 0.3 is 39.5 Å². The minimum Gasteiger partial charge on any atom is -0.462 e. The molecule has 0 amide bonds. The van der Waals surface area contributed by atoms with Crippen molar-refractivity contribution in [3.8, 4) is 0 Å². The van der Waals surface area contributed by atoms with Gasteiger partial charge in [-0.1, -0.05) is 289 Å². The number of esters is 4. The van der Waals surface area contributed by atoms with Crippen LogP contribution in [0.2, 0.25) is 0 Å². The first kappa shape index (κ1) is 98.9. The summed E-state index contributed by atoms with van der Waals surface area (Å²) in [6, 6.07) is 0. The largest absolute Gasteiger partial charge is 0.472 e. The molecule has 0 aliphatic rings. The van der Waals surface area contributed by atoms with Gasteiger partial charge in [-0.2, -0.15) is 0 Å². The maximum Gasteiger partial charge on any atom is 0.472 e. The SMILES string of the molecule is CC/C=C\C/C=C\C/C=C\C/C=C\CCCCCCCCC(=O)OCC(COP(=O)(O)OCC(O)COP(=O)(O)OCC(COC(=O)CCCCCC/C=C\C/C=C\C/C=C\C/C=C\CC)OC(=O)CCCC/C=C\C/C=C\C/C=C\C/C=C\CC)OC(=O)CCCCCCCCCCCCCCC. The molecule has 3 N–H and O–H groups in total. The van der Waals surface area contributed by atoms with Crippen molar-refractivity contribution in [2.45, 2.75) is 329 Å². The number of rotatable bonds is 74. The van der Waals surface area contributed by atoms with Crippen molar-refractivity contribution >= 4 is 39.5 Å². The van der Waals surface area contributed by atoms with Crippen molar-refractivity contribution in [1.82, 2.24) is 0 Å². The van der Waals surface area contributed by atoms with Crippen molar-refractivity contribution in [2.75, 3.05) is 39.6 Å². The average molecular weight is 1500 g/mol. The molecule has 19 heteroatoms. The molecule has 594 valence electrons. The van der Waals surface area contributed by atoms with Gasteiger partial charge < -0.3 is 33.8 Å². The number of carbonyl (C=O) groups is 4. The third-order valence-corrected chi connectivity index (χ3v) is 18.2. The molecule has 0 saturated carbocycles. The van der Waals surface area contributed by atoms with E-state index >= 15 is 0 Å². The van der Waals surface area contributed by atoms with Crippen LogP contribution in [0.1, 0.15) is 310 Å². The van der Waals surface area contributed by atoms with Crippen molar-refractivity contribution in [1.29, 1.82) is 0 Å². The summed E-state index contributed by atoms with van der Waals surface area (Å²) in [5.41, 5.74) is 0. The van der Waals surface area contributed by atoms with Gasteiger partial charge in [0.25, 0.3) is 0 Å². The summed E-state index contributed by atoms with van der Waals surface area (Å²) in [4.78, 5) is 73.0. The summed E-state index contributed by atoms with van der Waals surface area (Å²) in [5, 5.41) is 10.6. The zero-order valence-electron chi connectivity index (χ0n) is 64.9. The molecule has 0 fully saturated rings. The third-order valence-electron chi connectivity index (χ3n) is 16.3. The first-order chi connectivity index (χ1) is 50.7. The highest BCUT2D eigenvalue weighted by molar-refractivity contribution is 7.47. The van der Waals surface area contributed by atoms with Gasteiger partial charge in [-0.15, -0.1) is 0 Å². The number of carbonyl (C=O) groups excluding carboxylic acids is 4. The summed E-state index contributed by atoms with van der Waals surface area (Å²) in [5.74, 6) is -2.26. The fraction of sp³-hybridized carbons (Fsp3) is 0.671. The van der Waals surface area contributed by atoms with Crippen LogP contribution in [-0.2, 0) is 65.4 Å². The van der Waals surface area contributed by atoms with Crippen molar-refractivity contribution in [3.63, 3.8) is 0 Å². The lowest BCUT2D eigenvalue weighted by Gasteiger charge is -2.21. The van der Waals surface area contributed by atoms with Crippen molar-refractivity contribution < 1.29 is 80.2 Å². The fourth-order valence-electron chi connectivity index (χ4n) is 10.3. The molecule has 0 aliphatic carbocycles. The Morgan fingerprint density at radius 1 is 0.279 bits per heavy atom. The molecule has 0 radical (unpaired) electrons. The van der Waals surface area contributed by atoms with Crippen LogP contribution in [0.25, 0.3) is 0 Å². The van der Waals surface area contributed by atoms with E-state index in [4.69, 9.17) is 37.0 Å². The molecule has 0 aliphatic heterocycles. The molecule has 5 atom stereocenters. The molecule has 0 spiro atoms. The molecule has 5 unspecified atom stereocenters.